The van der Waals surface area contributed by atoms with Crippen LogP contribution < -0.4 is 15.4 Å². The minimum Gasteiger partial charge on any atom is -0.491 e. The standard InChI is InChI=1S/C22H28N4O2/c1-14-21(15(2)25-13-24-14)19-11-17(26-22(27)16-6-7-16)8-9-20(19)28-12-18-5-3-4-10-23-18/h8-9,11,13,16,18,23H,3-7,10,12H2,1-2H3,(H,26,27)/t18-/m0/s1. The fourth-order valence-corrected chi connectivity index (χ4v) is 3.76. The van der Waals surface area contributed by atoms with Gasteiger partial charge in [-0.2, -0.15) is 0 Å². The van der Waals surface area contributed by atoms with E-state index in [9.17, 15) is 4.79 Å². The average Bonchev–Trinajstić information content (AvgIpc) is 3.53. The molecule has 1 aromatic heterocycles. The molecule has 1 aliphatic heterocycles. The fourth-order valence-electron chi connectivity index (χ4n) is 3.76. The van der Waals surface area contributed by atoms with Gasteiger partial charge in [0.1, 0.15) is 18.7 Å². The molecule has 1 aliphatic carbocycles. The molecule has 2 aliphatic rings. The Morgan fingerprint density at radius 1 is 1.18 bits per heavy atom. The van der Waals surface area contributed by atoms with Crippen LogP contribution in [-0.4, -0.2) is 35.1 Å². The molecular weight excluding hydrogens is 352 g/mol. The molecule has 1 saturated heterocycles. The third-order valence-electron chi connectivity index (χ3n) is 5.54. The summed E-state index contributed by atoms with van der Waals surface area (Å²) >= 11 is 0. The lowest BCUT2D eigenvalue weighted by Gasteiger charge is -2.24. The van der Waals surface area contributed by atoms with Crippen LogP contribution in [0.3, 0.4) is 0 Å². The van der Waals surface area contributed by atoms with E-state index in [-0.39, 0.29) is 11.8 Å². The van der Waals surface area contributed by atoms with Crippen molar-refractivity contribution in [3.63, 3.8) is 0 Å². The maximum Gasteiger partial charge on any atom is 0.227 e. The first-order valence-corrected chi connectivity index (χ1v) is 10.2. The topological polar surface area (TPSA) is 76.1 Å². The van der Waals surface area contributed by atoms with Crippen LogP contribution in [-0.2, 0) is 4.79 Å². The molecule has 28 heavy (non-hydrogen) atoms. The summed E-state index contributed by atoms with van der Waals surface area (Å²) in [6.07, 6.45) is 7.16. The average molecular weight is 380 g/mol. The quantitative estimate of drug-likeness (QED) is 0.800. The second-order valence-electron chi connectivity index (χ2n) is 7.85. The summed E-state index contributed by atoms with van der Waals surface area (Å²) < 4.78 is 6.23. The molecular formula is C22H28N4O2. The number of ether oxygens (including phenoxy) is 1. The number of nitrogens with zero attached hydrogens (tertiary/aromatic N) is 2. The highest BCUT2D eigenvalue weighted by molar-refractivity contribution is 5.95. The Hall–Kier alpha value is -2.47. The first-order chi connectivity index (χ1) is 13.6. The molecule has 1 amide bonds. The highest BCUT2D eigenvalue weighted by Crippen LogP contribution is 2.37. The van der Waals surface area contributed by atoms with Crippen LogP contribution in [0.1, 0.15) is 43.5 Å². The molecule has 0 bridgehead atoms. The molecule has 6 heteroatoms. The Bertz CT molecular complexity index is 837. The summed E-state index contributed by atoms with van der Waals surface area (Å²) in [5.74, 6) is 1.07. The number of aryl methyl sites for hydroxylation is 2. The van der Waals surface area contributed by atoms with Crippen molar-refractivity contribution in [1.29, 1.82) is 0 Å². The normalized spacial score (nSPS) is 19.3. The van der Waals surface area contributed by atoms with Crippen LogP contribution in [0.25, 0.3) is 11.1 Å². The minimum absolute atomic E-state index is 0.101. The van der Waals surface area contributed by atoms with E-state index in [2.05, 4.69) is 20.6 Å². The van der Waals surface area contributed by atoms with Crippen molar-refractivity contribution in [3.8, 4) is 16.9 Å². The second-order valence-corrected chi connectivity index (χ2v) is 7.85. The first-order valence-electron chi connectivity index (χ1n) is 10.2. The van der Waals surface area contributed by atoms with Gasteiger partial charge >= 0.3 is 0 Å². The number of hydrogen-bond donors (Lipinski definition) is 2. The molecule has 1 aromatic carbocycles. The van der Waals surface area contributed by atoms with Crippen LogP contribution in [0.15, 0.2) is 24.5 Å². The minimum atomic E-state index is 0.101. The fraction of sp³-hybridized carbons (Fsp3) is 0.500. The highest BCUT2D eigenvalue weighted by atomic mass is 16.5. The Morgan fingerprint density at radius 2 is 1.96 bits per heavy atom. The van der Waals surface area contributed by atoms with Gasteiger partial charge in [0.25, 0.3) is 0 Å². The van der Waals surface area contributed by atoms with Crippen molar-refractivity contribution < 1.29 is 9.53 Å². The molecule has 0 unspecified atom stereocenters. The number of piperidine rings is 1. The molecule has 0 radical (unpaired) electrons. The van der Waals surface area contributed by atoms with Gasteiger partial charge in [-0.3, -0.25) is 4.79 Å². The summed E-state index contributed by atoms with van der Waals surface area (Å²) in [5.41, 5.74) is 4.49. The second kappa shape index (κ2) is 8.27. The highest BCUT2D eigenvalue weighted by Gasteiger charge is 2.29. The van der Waals surface area contributed by atoms with E-state index in [0.29, 0.717) is 12.6 Å². The lowest BCUT2D eigenvalue weighted by Crippen LogP contribution is -2.38. The number of benzene rings is 1. The zero-order valence-electron chi connectivity index (χ0n) is 16.6. The summed E-state index contributed by atoms with van der Waals surface area (Å²) in [6.45, 7) is 5.64. The van der Waals surface area contributed by atoms with Gasteiger partial charge in [0.05, 0.1) is 0 Å². The Kier molecular flexibility index (Phi) is 5.57. The Labute approximate surface area is 166 Å². The lowest BCUT2D eigenvalue weighted by molar-refractivity contribution is -0.117. The number of carbonyl (C=O) groups is 1. The molecule has 4 rings (SSSR count). The summed E-state index contributed by atoms with van der Waals surface area (Å²) in [4.78, 5) is 20.9. The summed E-state index contributed by atoms with van der Waals surface area (Å²) in [6, 6.07) is 6.24. The van der Waals surface area contributed by atoms with Crippen LogP contribution in [0, 0.1) is 19.8 Å². The molecule has 6 nitrogen and oxygen atoms in total. The largest absolute Gasteiger partial charge is 0.491 e. The lowest BCUT2D eigenvalue weighted by atomic mass is 10.0. The van der Waals surface area contributed by atoms with Crippen molar-refractivity contribution >= 4 is 11.6 Å². The van der Waals surface area contributed by atoms with E-state index in [1.54, 1.807) is 6.33 Å². The summed E-state index contributed by atoms with van der Waals surface area (Å²) in [5, 5.41) is 6.56. The molecule has 1 atom stereocenters. The van der Waals surface area contributed by atoms with Crippen LogP contribution in [0.4, 0.5) is 5.69 Å². The third kappa shape index (κ3) is 4.33. The van der Waals surface area contributed by atoms with E-state index in [0.717, 1.165) is 59.8 Å². The van der Waals surface area contributed by atoms with Crippen LogP contribution >= 0.6 is 0 Å². The smallest absolute Gasteiger partial charge is 0.227 e. The van der Waals surface area contributed by atoms with Gasteiger partial charge < -0.3 is 15.4 Å². The van der Waals surface area contributed by atoms with Gasteiger partial charge in [0, 0.05) is 40.2 Å². The SMILES string of the molecule is Cc1ncnc(C)c1-c1cc(NC(=O)C2CC2)ccc1OC[C@@H]1CCCCN1. The van der Waals surface area contributed by atoms with Crippen LogP contribution in [0.5, 0.6) is 5.75 Å². The van der Waals surface area contributed by atoms with Gasteiger partial charge in [0.2, 0.25) is 5.91 Å². The van der Waals surface area contributed by atoms with Gasteiger partial charge in [-0.05, 0) is 64.3 Å². The number of aromatic nitrogens is 2. The molecule has 148 valence electrons. The van der Waals surface area contributed by atoms with Crippen molar-refractivity contribution in [1.82, 2.24) is 15.3 Å². The number of nitrogens with one attached hydrogen (secondary N) is 2. The van der Waals surface area contributed by atoms with Crippen molar-refractivity contribution in [2.75, 3.05) is 18.5 Å². The van der Waals surface area contributed by atoms with Crippen molar-refractivity contribution in [2.45, 2.75) is 52.0 Å². The molecule has 2 fully saturated rings. The maximum absolute atomic E-state index is 12.2. The van der Waals surface area contributed by atoms with Gasteiger partial charge in [0.15, 0.2) is 0 Å². The molecule has 2 aromatic rings. The predicted molar refractivity (Wildman–Crippen MR) is 109 cm³/mol. The van der Waals surface area contributed by atoms with Gasteiger partial charge in [-0.25, -0.2) is 9.97 Å². The van der Waals surface area contributed by atoms with Gasteiger partial charge in [-0.15, -0.1) is 0 Å². The van der Waals surface area contributed by atoms with E-state index >= 15 is 0 Å². The van der Waals surface area contributed by atoms with E-state index in [1.807, 2.05) is 32.0 Å². The monoisotopic (exact) mass is 380 g/mol. The number of carbonyl (C=O) groups excluding carboxylic acids is 1. The van der Waals surface area contributed by atoms with Crippen LogP contribution in [0.2, 0.25) is 0 Å². The number of anilines is 1. The van der Waals surface area contributed by atoms with E-state index < -0.39 is 0 Å². The van der Waals surface area contributed by atoms with Crippen molar-refractivity contribution in [2.24, 2.45) is 5.92 Å². The zero-order valence-corrected chi connectivity index (χ0v) is 16.6. The number of amides is 1. The number of rotatable bonds is 6. The third-order valence-corrected chi connectivity index (χ3v) is 5.54. The first kappa shape index (κ1) is 18.9. The summed E-state index contributed by atoms with van der Waals surface area (Å²) in [7, 11) is 0. The number of hydrogen-bond acceptors (Lipinski definition) is 5. The Balaban J connectivity index is 1.62. The molecule has 0 spiro atoms. The Morgan fingerprint density at radius 3 is 2.64 bits per heavy atom. The molecule has 2 heterocycles. The van der Waals surface area contributed by atoms with Crippen molar-refractivity contribution in [3.05, 3.63) is 35.9 Å². The van der Waals surface area contributed by atoms with E-state index in [1.165, 1.54) is 12.8 Å². The van der Waals surface area contributed by atoms with E-state index in [4.69, 9.17) is 4.74 Å². The van der Waals surface area contributed by atoms with Gasteiger partial charge in [-0.1, -0.05) is 6.42 Å². The zero-order chi connectivity index (χ0) is 19.5. The molecule has 1 saturated carbocycles. The molecule has 2 N–H and O–H groups in total. The maximum atomic E-state index is 12.2. The predicted octanol–water partition coefficient (Wildman–Crippen LogP) is 3.63.